The lowest BCUT2D eigenvalue weighted by atomic mass is 9.84. The van der Waals surface area contributed by atoms with E-state index in [0.29, 0.717) is 23.2 Å². The maximum atomic E-state index is 13.7. The lowest BCUT2D eigenvalue weighted by Crippen LogP contribution is -2.31. The zero-order valence-corrected chi connectivity index (χ0v) is 19.2. The number of methoxy groups -OCH3 is 2. The number of fused-ring (bicyclic) bond motifs is 2. The number of aromatic nitrogens is 3. The molecule has 32 heavy (non-hydrogen) atoms. The summed E-state index contributed by atoms with van der Waals surface area (Å²) in [6, 6.07) is 15.3. The number of rotatable bonds is 6. The molecule has 0 fully saturated rings. The number of thiazole rings is 1. The number of aromatic amines is 1. The van der Waals surface area contributed by atoms with Gasteiger partial charge in [0.15, 0.2) is 10.8 Å². The van der Waals surface area contributed by atoms with E-state index in [4.69, 9.17) is 14.5 Å². The zero-order chi connectivity index (χ0) is 22.5. The molecule has 1 aliphatic rings. The van der Waals surface area contributed by atoms with Gasteiger partial charge in [-0.15, -0.1) is 0 Å². The second-order valence-electron chi connectivity index (χ2n) is 8.46. The lowest BCUT2D eigenvalue weighted by Gasteiger charge is -2.29. The Hall–Kier alpha value is -3.23. The third-order valence-electron chi connectivity index (χ3n) is 5.86. The van der Waals surface area contributed by atoms with Crippen LogP contribution in [0.2, 0.25) is 0 Å². The molecule has 7 nitrogen and oxygen atoms in total. The fourth-order valence-corrected chi connectivity index (χ4v) is 5.43. The largest absolute Gasteiger partial charge is 0.496 e. The molecule has 0 saturated carbocycles. The molecule has 8 heteroatoms. The van der Waals surface area contributed by atoms with Crippen molar-refractivity contribution in [3.63, 3.8) is 0 Å². The van der Waals surface area contributed by atoms with E-state index in [1.165, 1.54) is 11.3 Å². The van der Waals surface area contributed by atoms with Gasteiger partial charge in [-0.25, -0.2) is 4.98 Å². The van der Waals surface area contributed by atoms with E-state index in [9.17, 15) is 4.79 Å². The molecule has 0 aliphatic carbocycles. The van der Waals surface area contributed by atoms with Gasteiger partial charge in [-0.1, -0.05) is 55.5 Å². The number of para-hydroxylation sites is 2. The predicted octanol–water partition coefficient (Wildman–Crippen LogP) is 4.70. The average molecular weight is 449 g/mol. The molecule has 1 N–H and O–H groups in total. The molecule has 0 spiro atoms. The number of carbonyl (C=O) groups excluding carboxylic acids is 1. The minimum absolute atomic E-state index is 0.175. The standard InChI is InChI=1S/C24H24N4O3S/c1-24(2,13-30-3)21-18-19(26-27-21)22(29)28(20(18)14-9-5-7-11-16(14)31-4)23-25-15-10-6-8-12-17(15)32-23/h5-12,20H,13H2,1-4H3,(H,26,27). The van der Waals surface area contributed by atoms with Gasteiger partial charge in [0.1, 0.15) is 5.75 Å². The smallest absolute Gasteiger partial charge is 0.281 e. The van der Waals surface area contributed by atoms with E-state index in [1.54, 1.807) is 19.1 Å². The Bertz CT molecular complexity index is 1280. The fourth-order valence-electron chi connectivity index (χ4n) is 4.44. The van der Waals surface area contributed by atoms with Crippen molar-refractivity contribution in [2.24, 2.45) is 0 Å². The van der Waals surface area contributed by atoms with Crippen molar-refractivity contribution in [1.29, 1.82) is 0 Å². The van der Waals surface area contributed by atoms with Crippen molar-refractivity contribution in [3.8, 4) is 5.75 Å². The van der Waals surface area contributed by atoms with Gasteiger partial charge in [0, 0.05) is 29.3 Å². The van der Waals surface area contributed by atoms with E-state index < -0.39 is 6.04 Å². The number of carbonyl (C=O) groups is 1. The van der Waals surface area contributed by atoms with Crippen LogP contribution in [0.15, 0.2) is 48.5 Å². The van der Waals surface area contributed by atoms with Gasteiger partial charge >= 0.3 is 0 Å². The van der Waals surface area contributed by atoms with Crippen LogP contribution < -0.4 is 9.64 Å². The molecule has 4 aromatic rings. The Balaban J connectivity index is 1.75. The molecule has 0 radical (unpaired) electrons. The number of ether oxygens (including phenoxy) is 2. The number of nitrogens with zero attached hydrogens (tertiary/aromatic N) is 3. The third-order valence-corrected chi connectivity index (χ3v) is 6.90. The molecular weight excluding hydrogens is 424 g/mol. The molecule has 5 rings (SSSR count). The molecule has 164 valence electrons. The van der Waals surface area contributed by atoms with Crippen molar-refractivity contribution in [2.75, 3.05) is 25.7 Å². The van der Waals surface area contributed by atoms with Crippen molar-refractivity contribution >= 4 is 32.6 Å². The van der Waals surface area contributed by atoms with Gasteiger partial charge in [0.2, 0.25) is 0 Å². The molecule has 2 aromatic heterocycles. The van der Waals surface area contributed by atoms with Gasteiger partial charge in [0.05, 0.1) is 30.0 Å². The molecule has 1 atom stereocenters. The minimum atomic E-state index is -0.418. The second-order valence-corrected chi connectivity index (χ2v) is 9.47. The van der Waals surface area contributed by atoms with Crippen LogP contribution in [-0.4, -0.2) is 41.9 Å². The van der Waals surface area contributed by atoms with Gasteiger partial charge < -0.3 is 9.47 Å². The molecule has 2 aromatic carbocycles. The Morgan fingerprint density at radius 2 is 1.88 bits per heavy atom. The molecule has 1 amide bonds. The quantitative estimate of drug-likeness (QED) is 0.462. The number of hydrogen-bond acceptors (Lipinski definition) is 6. The number of H-pyrrole nitrogens is 1. The molecule has 3 heterocycles. The highest BCUT2D eigenvalue weighted by atomic mass is 32.1. The van der Waals surface area contributed by atoms with Crippen LogP contribution in [0, 0.1) is 0 Å². The predicted molar refractivity (Wildman–Crippen MR) is 125 cm³/mol. The van der Waals surface area contributed by atoms with Gasteiger partial charge in [-0.3, -0.25) is 14.8 Å². The van der Waals surface area contributed by atoms with Crippen LogP contribution in [0.25, 0.3) is 10.2 Å². The summed E-state index contributed by atoms with van der Waals surface area (Å²) >= 11 is 1.50. The van der Waals surface area contributed by atoms with Crippen LogP contribution in [0.3, 0.4) is 0 Å². The molecule has 0 saturated heterocycles. The first-order valence-corrected chi connectivity index (χ1v) is 11.2. The Kier molecular flexibility index (Phi) is 4.98. The van der Waals surface area contributed by atoms with Crippen molar-refractivity contribution in [3.05, 3.63) is 71.0 Å². The van der Waals surface area contributed by atoms with Crippen LogP contribution in [0.4, 0.5) is 5.13 Å². The Labute approximate surface area is 190 Å². The van der Waals surface area contributed by atoms with Gasteiger partial charge in [-0.2, -0.15) is 5.10 Å². The summed E-state index contributed by atoms with van der Waals surface area (Å²) in [5.41, 5.74) is 3.52. The number of anilines is 1. The Morgan fingerprint density at radius 1 is 1.12 bits per heavy atom. The third kappa shape index (κ3) is 3.10. The average Bonchev–Trinajstić information content (AvgIpc) is 3.47. The number of hydrogen-bond donors (Lipinski definition) is 1. The van der Waals surface area contributed by atoms with Crippen LogP contribution in [0.5, 0.6) is 5.75 Å². The summed E-state index contributed by atoms with van der Waals surface area (Å²) in [4.78, 5) is 20.2. The van der Waals surface area contributed by atoms with Gasteiger partial charge in [-0.05, 0) is 18.2 Å². The number of amides is 1. The van der Waals surface area contributed by atoms with E-state index >= 15 is 0 Å². The SMILES string of the molecule is COCC(C)(C)c1[nH]nc2c1C(c1ccccc1OC)N(c1nc3ccccc3s1)C2=O. The van der Waals surface area contributed by atoms with Crippen LogP contribution in [-0.2, 0) is 10.2 Å². The summed E-state index contributed by atoms with van der Waals surface area (Å²) in [6.45, 7) is 4.64. The number of benzene rings is 2. The number of nitrogens with one attached hydrogen (secondary N) is 1. The van der Waals surface area contributed by atoms with E-state index in [0.717, 1.165) is 27.0 Å². The first-order chi connectivity index (χ1) is 15.5. The summed E-state index contributed by atoms with van der Waals surface area (Å²) in [7, 11) is 3.32. The monoisotopic (exact) mass is 448 g/mol. The van der Waals surface area contributed by atoms with E-state index in [2.05, 4.69) is 24.0 Å². The molecule has 0 bridgehead atoms. The van der Waals surface area contributed by atoms with Gasteiger partial charge in [0.25, 0.3) is 5.91 Å². The highest BCUT2D eigenvalue weighted by Crippen LogP contribution is 2.48. The second kappa shape index (κ2) is 7.72. The van der Waals surface area contributed by atoms with Crippen molar-refractivity contribution in [2.45, 2.75) is 25.3 Å². The Morgan fingerprint density at radius 3 is 2.62 bits per heavy atom. The van der Waals surface area contributed by atoms with Crippen molar-refractivity contribution in [1.82, 2.24) is 15.2 Å². The summed E-state index contributed by atoms with van der Waals surface area (Å²) in [5.74, 6) is 0.534. The lowest BCUT2D eigenvalue weighted by molar-refractivity contribution is 0.0988. The molecule has 1 aliphatic heterocycles. The summed E-state index contributed by atoms with van der Waals surface area (Å²) < 4.78 is 12.2. The first kappa shape index (κ1) is 20.7. The minimum Gasteiger partial charge on any atom is -0.496 e. The summed E-state index contributed by atoms with van der Waals surface area (Å²) in [5, 5.41) is 8.22. The van der Waals surface area contributed by atoms with E-state index in [-0.39, 0.29) is 11.3 Å². The highest BCUT2D eigenvalue weighted by Gasteiger charge is 2.47. The fraction of sp³-hybridized carbons (Fsp3) is 0.292. The first-order valence-electron chi connectivity index (χ1n) is 10.4. The van der Waals surface area contributed by atoms with Crippen LogP contribution in [0.1, 0.15) is 47.2 Å². The summed E-state index contributed by atoms with van der Waals surface area (Å²) in [6.07, 6.45) is 0. The maximum absolute atomic E-state index is 13.7. The topological polar surface area (TPSA) is 80.3 Å². The van der Waals surface area contributed by atoms with E-state index in [1.807, 2.05) is 48.5 Å². The van der Waals surface area contributed by atoms with Crippen molar-refractivity contribution < 1.29 is 14.3 Å². The van der Waals surface area contributed by atoms with Crippen LogP contribution >= 0.6 is 11.3 Å². The normalized spacial score (nSPS) is 16.1. The molecule has 1 unspecified atom stereocenters. The molecular formula is C24H24N4O3S. The maximum Gasteiger partial charge on any atom is 0.281 e. The highest BCUT2D eigenvalue weighted by molar-refractivity contribution is 7.22. The zero-order valence-electron chi connectivity index (χ0n) is 18.4.